The fourth-order valence-corrected chi connectivity index (χ4v) is 2.88. The van der Waals surface area contributed by atoms with Crippen molar-refractivity contribution in [1.29, 1.82) is 0 Å². The Labute approximate surface area is 162 Å². The summed E-state index contributed by atoms with van der Waals surface area (Å²) in [6.45, 7) is 10.3. The van der Waals surface area contributed by atoms with Crippen LogP contribution in [-0.2, 0) is 17.9 Å². The third kappa shape index (κ3) is 6.57. The number of hydrogen-bond acceptors (Lipinski definition) is 3. The maximum Gasteiger partial charge on any atom is 0.244 e. The number of nitrogens with one attached hydrogen (secondary N) is 1. The van der Waals surface area contributed by atoms with Crippen molar-refractivity contribution in [2.45, 2.75) is 33.9 Å². The smallest absolute Gasteiger partial charge is 0.244 e. The number of hydrogen-bond donors (Lipinski definition) is 1. The monoisotopic (exact) mass is 366 g/mol. The van der Waals surface area contributed by atoms with E-state index in [2.05, 4.69) is 42.3 Å². The quantitative estimate of drug-likeness (QED) is 0.639. The minimum atomic E-state index is -0.112. The van der Waals surface area contributed by atoms with Crippen molar-refractivity contribution >= 4 is 12.0 Å². The molecule has 0 spiro atoms. The van der Waals surface area contributed by atoms with Gasteiger partial charge in [0.2, 0.25) is 5.91 Å². The standard InChI is InChI=1S/C23H30N2O2/c1-4-25(5-2)18-21-13-8-7-12-20(21)17-24-23(26)16-15-19-11-9-10-14-22(19)27-6-3/h7-16H,4-6,17-18H2,1-3H3,(H,24,26)/b16-15+. The van der Waals surface area contributed by atoms with Crippen LogP contribution in [0.5, 0.6) is 5.75 Å². The molecule has 144 valence electrons. The molecule has 0 atom stereocenters. The average Bonchev–Trinajstić information content (AvgIpc) is 2.70. The van der Waals surface area contributed by atoms with Crippen molar-refractivity contribution in [3.8, 4) is 5.75 Å². The molecule has 0 saturated carbocycles. The molecular weight excluding hydrogens is 336 g/mol. The highest BCUT2D eigenvalue weighted by molar-refractivity contribution is 5.92. The first-order chi connectivity index (χ1) is 13.2. The van der Waals surface area contributed by atoms with E-state index in [-0.39, 0.29) is 5.91 Å². The lowest BCUT2D eigenvalue weighted by Gasteiger charge is -2.20. The maximum absolute atomic E-state index is 12.3. The van der Waals surface area contributed by atoms with Crippen molar-refractivity contribution in [3.63, 3.8) is 0 Å². The molecule has 0 aromatic heterocycles. The van der Waals surface area contributed by atoms with Gasteiger partial charge in [-0.2, -0.15) is 0 Å². The zero-order valence-corrected chi connectivity index (χ0v) is 16.6. The van der Waals surface area contributed by atoms with Gasteiger partial charge in [-0.05, 0) is 43.3 Å². The summed E-state index contributed by atoms with van der Waals surface area (Å²) in [5, 5.41) is 2.99. The molecule has 0 saturated heterocycles. The van der Waals surface area contributed by atoms with Crippen molar-refractivity contribution in [3.05, 3.63) is 71.3 Å². The van der Waals surface area contributed by atoms with E-state index in [9.17, 15) is 4.79 Å². The Morgan fingerprint density at radius 1 is 1.00 bits per heavy atom. The summed E-state index contributed by atoms with van der Waals surface area (Å²) in [5.41, 5.74) is 3.31. The van der Waals surface area contributed by atoms with Gasteiger partial charge < -0.3 is 10.1 Å². The number of rotatable bonds is 10. The molecular formula is C23H30N2O2. The van der Waals surface area contributed by atoms with Gasteiger partial charge in [-0.1, -0.05) is 56.3 Å². The summed E-state index contributed by atoms with van der Waals surface area (Å²) in [6.07, 6.45) is 3.35. The van der Waals surface area contributed by atoms with Crippen LogP contribution in [0.3, 0.4) is 0 Å². The Morgan fingerprint density at radius 2 is 1.67 bits per heavy atom. The summed E-state index contributed by atoms with van der Waals surface area (Å²) in [6, 6.07) is 16.0. The normalized spacial score (nSPS) is 11.1. The number of para-hydroxylation sites is 1. The third-order valence-corrected chi connectivity index (χ3v) is 4.49. The number of nitrogens with zero attached hydrogens (tertiary/aromatic N) is 1. The van der Waals surface area contributed by atoms with Crippen LogP contribution in [-0.4, -0.2) is 30.5 Å². The van der Waals surface area contributed by atoms with Crippen LogP contribution >= 0.6 is 0 Å². The fourth-order valence-electron chi connectivity index (χ4n) is 2.88. The van der Waals surface area contributed by atoms with Gasteiger partial charge in [0.1, 0.15) is 5.75 Å². The second-order valence-corrected chi connectivity index (χ2v) is 6.25. The molecule has 0 heterocycles. The Morgan fingerprint density at radius 3 is 2.37 bits per heavy atom. The highest BCUT2D eigenvalue weighted by atomic mass is 16.5. The van der Waals surface area contributed by atoms with E-state index in [1.54, 1.807) is 12.2 Å². The Kier molecular flexibility index (Phi) is 8.59. The van der Waals surface area contributed by atoms with E-state index in [1.165, 1.54) is 5.56 Å². The molecule has 1 N–H and O–H groups in total. The van der Waals surface area contributed by atoms with Gasteiger partial charge in [0.15, 0.2) is 0 Å². The van der Waals surface area contributed by atoms with E-state index in [0.29, 0.717) is 13.2 Å². The SMILES string of the molecule is CCOc1ccccc1/C=C/C(=O)NCc1ccccc1CN(CC)CC. The molecule has 2 aromatic carbocycles. The lowest BCUT2D eigenvalue weighted by molar-refractivity contribution is -0.116. The van der Waals surface area contributed by atoms with Crippen molar-refractivity contribution in [2.75, 3.05) is 19.7 Å². The van der Waals surface area contributed by atoms with Crippen LogP contribution in [0.2, 0.25) is 0 Å². The first kappa shape index (κ1) is 20.7. The average molecular weight is 367 g/mol. The highest BCUT2D eigenvalue weighted by Crippen LogP contribution is 2.19. The number of carbonyl (C=O) groups is 1. The zero-order valence-electron chi connectivity index (χ0n) is 16.6. The minimum absolute atomic E-state index is 0.112. The van der Waals surface area contributed by atoms with Gasteiger partial charge in [0.25, 0.3) is 0 Å². The molecule has 1 amide bonds. The van der Waals surface area contributed by atoms with Crippen LogP contribution < -0.4 is 10.1 Å². The van der Waals surface area contributed by atoms with Gasteiger partial charge in [-0.3, -0.25) is 9.69 Å². The lowest BCUT2D eigenvalue weighted by atomic mass is 10.1. The van der Waals surface area contributed by atoms with Crippen LogP contribution in [0.15, 0.2) is 54.6 Å². The van der Waals surface area contributed by atoms with Gasteiger partial charge in [-0.15, -0.1) is 0 Å². The van der Waals surface area contributed by atoms with Crippen molar-refractivity contribution in [1.82, 2.24) is 10.2 Å². The van der Waals surface area contributed by atoms with Crippen molar-refractivity contribution in [2.24, 2.45) is 0 Å². The lowest BCUT2D eigenvalue weighted by Crippen LogP contribution is -2.25. The van der Waals surface area contributed by atoms with Gasteiger partial charge >= 0.3 is 0 Å². The number of ether oxygens (including phenoxy) is 1. The van der Waals surface area contributed by atoms with Crippen LogP contribution in [0.4, 0.5) is 0 Å². The summed E-state index contributed by atoms with van der Waals surface area (Å²) >= 11 is 0. The van der Waals surface area contributed by atoms with E-state index in [0.717, 1.165) is 36.5 Å². The molecule has 0 aliphatic heterocycles. The summed E-state index contributed by atoms with van der Waals surface area (Å²) < 4.78 is 5.58. The van der Waals surface area contributed by atoms with Crippen molar-refractivity contribution < 1.29 is 9.53 Å². The molecule has 4 nitrogen and oxygen atoms in total. The number of benzene rings is 2. The molecule has 0 unspecified atom stereocenters. The van der Waals surface area contributed by atoms with Gasteiger partial charge in [0.05, 0.1) is 6.61 Å². The molecule has 4 heteroatoms. The topological polar surface area (TPSA) is 41.6 Å². The summed E-state index contributed by atoms with van der Waals surface area (Å²) in [7, 11) is 0. The maximum atomic E-state index is 12.3. The van der Waals surface area contributed by atoms with E-state index in [1.807, 2.05) is 37.3 Å². The molecule has 27 heavy (non-hydrogen) atoms. The molecule has 0 bridgehead atoms. The summed E-state index contributed by atoms with van der Waals surface area (Å²) in [5.74, 6) is 0.674. The minimum Gasteiger partial charge on any atom is -0.493 e. The second kappa shape index (κ2) is 11.2. The molecule has 2 aromatic rings. The van der Waals surface area contributed by atoms with E-state index in [4.69, 9.17) is 4.74 Å². The fraction of sp³-hybridized carbons (Fsp3) is 0.348. The molecule has 0 aliphatic rings. The van der Waals surface area contributed by atoms with E-state index < -0.39 is 0 Å². The molecule has 0 fully saturated rings. The Bertz CT molecular complexity index is 752. The number of amides is 1. The Hall–Kier alpha value is -2.59. The number of carbonyl (C=O) groups excluding carboxylic acids is 1. The largest absolute Gasteiger partial charge is 0.493 e. The predicted molar refractivity (Wildman–Crippen MR) is 112 cm³/mol. The first-order valence-electron chi connectivity index (χ1n) is 9.64. The highest BCUT2D eigenvalue weighted by Gasteiger charge is 2.07. The van der Waals surface area contributed by atoms with Crippen LogP contribution in [0.25, 0.3) is 6.08 Å². The Balaban J connectivity index is 1.98. The van der Waals surface area contributed by atoms with Crippen LogP contribution in [0.1, 0.15) is 37.5 Å². The first-order valence-corrected chi connectivity index (χ1v) is 9.64. The van der Waals surface area contributed by atoms with Gasteiger partial charge in [-0.25, -0.2) is 0 Å². The van der Waals surface area contributed by atoms with Crippen LogP contribution in [0, 0.1) is 0 Å². The molecule has 2 rings (SSSR count). The predicted octanol–water partition coefficient (Wildman–Crippen LogP) is 4.26. The third-order valence-electron chi connectivity index (χ3n) is 4.49. The van der Waals surface area contributed by atoms with E-state index >= 15 is 0 Å². The van der Waals surface area contributed by atoms with Gasteiger partial charge in [0, 0.05) is 24.7 Å². The summed E-state index contributed by atoms with van der Waals surface area (Å²) in [4.78, 5) is 14.6. The molecule has 0 radical (unpaired) electrons. The second-order valence-electron chi connectivity index (χ2n) is 6.25. The molecule has 0 aliphatic carbocycles. The zero-order chi connectivity index (χ0) is 19.5.